The van der Waals surface area contributed by atoms with Crippen LogP contribution in [0.3, 0.4) is 0 Å². The molecule has 0 aromatic carbocycles. The van der Waals surface area contributed by atoms with Crippen molar-refractivity contribution in [3.63, 3.8) is 0 Å². The van der Waals surface area contributed by atoms with E-state index in [1.54, 1.807) is 10.6 Å². The van der Waals surface area contributed by atoms with Gasteiger partial charge in [0.05, 0.1) is 30.7 Å². The van der Waals surface area contributed by atoms with E-state index in [4.69, 9.17) is 14.5 Å². The Bertz CT molecular complexity index is 1170. The fourth-order valence-corrected chi connectivity index (χ4v) is 4.55. The molecule has 6 rings (SSSR count). The predicted molar refractivity (Wildman–Crippen MR) is 107 cm³/mol. The molecule has 0 unspecified atom stereocenters. The average molecular weight is 429 g/mol. The first-order valence-corrected chi connectivity index (χ1v) is 10.0. The van der Waals surface area contributed by atoms with Crippen LogP contribution >= 0.6 is 0 Å². The molecule has 1 N–H and O–H groups in total. The van der Waals surface area contributed by atoms with Gasteiger partial charge in [-0.15, -0.1) is 0 Å². The first-order chi connectivity index (χ1) is 14.8. The van der Waals surface area contributed by atoms with Crippen LogP contribution < -0.4 is 10.1 Å². The van der Waals surface area contributed by atoms with E-state index in [0.717, 1.165) is 18.5 Å². The summed E-state index contributed by atoms with van der Waals surface area (Å²) < 4.78 is 39.1. The van der Waals surface area contributed by atoms with Gasteiger partial charge in [-0.1, -0.05) is 6.07 Å². The number of hydrogen-bond donors (Lipinski definition) is 1. The lowest BCUT2D eigenvalue weighted by Crippen LogP contribution is -2.45. The van der Waals surface area contributed by atoms with Crippen LogP contribution in [0.15, 0.2) is 30.6 Å². The maximum Gasteiger partial charge on any atom is 0.280 e. The Labute approximate surface area is 176 Å². The van der Waals surface area contributed by atoms with Gasteiger partial charge in [0.15, 0.2) is 5.82 Å². The molecule has 2 saturated heterocycles. The fourth-order valence-electron chi connectivity index (χ4n) is 4.55. The third kappa shape index (κ3) is 3.31. The number of aromatic nitrogens is 4. The smallest absolute Gasteiger partial charge is 0.280 e. The molecule has 0 spiro atoms. The van der Waals surface area contributed by atoms with Crippen molar-refractivity contribution in [3.05, 3.63) is 47.7 Å². The summed E-state index contributed by atoms with van der Waals surface area (Å²) in [6, 6.07) is 3.90. The monoisotopic (exact) mass is 429 g/mol. The van der Waals surface area contributed by atoms with E-state index in [2.05, 4.69) is 22.2 Å². The summed E-state index contributed by atoms with van der Waals surface area (Å²) >= 11 is 0. The Balaban J connectivity index is 1.46. The molecule has 1 aliphatic carbocycles. The lowest BCUT2D eigenvalue weighted by atomic mass is 9.62. The van der Waals surface area contributed by atoms with Gasteiger partial charge in [0, 0.05) is 11.6 Å². The zero-order valence-corrected chi connectivity index (χ0v) is 17.1. The van der Waals surface area contributed by atoms with Crippen molar-refractivity contribution >= 4 is 17.4 Å². The van der Waals surface area contributed by atoms with Crippen molar-refractivity contribution in [1.29, 1.82) is 0 Å². The van der Waals surface area contributed by atoms with E-state index in [1.165, 1.54) is 18.2 Å². The van der Waals surface area contributed by atoms with Crippen molar-refractivity contribution in [1.82, 2.24) is 19.4 Å². The molecule has 3 aromatic rings. The number of nitrogens with one attached hydrogen (secondary N) is 1. The van der Waals surface area contributed by atoms with Crippen molar-refractivity contribution in [2.24, 2.45) is 0 Å². The standard InChI is InChI=1S/C21H21F2N5O3/c1-3-30-19-17-25-14(21-9-20(2,10-21)31-11-21)7-28(17)8-15(27-19)26-18(29)13-6-4-5-12(24-13)16(22)23/h4-8,16H,3,9-11H2,1-2H3,(H,26,29). The van der Waals surface area contributed by atoms with Crippen LogP contribution in [0.25, 0.3) is 5.65 Å². The maximum absolute atomic E-state index is 12.9. The van der Waals surface area contributed by atoms with Crippen molar-refractivity contribution < 1.29 is 23.0 Å². The molecule has 10 heteroatoms. The number of carbonyl (C=O) groups is 1. The molecule has 31 heavy (non-hydrogen) atoms. The van der Waals surface area contributed by atoms with Crippen molar-refractivity contribution in [2.75, 3.05) is 18.5 Å². The Hall–Kier alpha value is -3.14. The van der Waals surface area contributed by atoms with E-state index >= 15 is 0 Å². The summed E-state index contributed by atoms with van der Waals surface area (Å²) in [5, 5.41) is 2.61. The van der Waals surface area contributed by atoms with Gasteiger partial charge in [-0.05, 0) is 38.8 Å². The lowest BCUT2D eigenvalue weighted by Gasteiger charge is -2.41. The SMILES string of the molecule is CCOc1nc(NC(=O)c2cccc(C(F)F)n2)cn2cc(C34COC(C)(C3)C4)nc12. The molecular formula is C21H21F2N5O3. The highest BCUT2D eigenvalue weighted by molar-refractivity contribution is 6.02. The van der Waals surface area contributed by atoms with Gasteiger partial charge in [-0.2, -0.15) is 4.98 Å². The van der Waals surface area contributed by atoms with Gasteiger partial charge in [-0.25, -0.2) is 18.7 Å². The molecule has 2 aliphatic heterocycles. The largest absolute Gasteiger partial charge is 0.475 e. The number of carbonyl (C=O) groups excluding carboxylic acids is 1. The van der Waals surface area contributed by atoms with Crippen LogP contribution in [0.2, 0.25) is 0 Å². The van der Waals surface area contributed by atoms with Crippen LogP contribution in [0.4, 0.5) is 14.6 Å². The molecule has 162 valence electrons. The summed E-state index contributed by atoms with van der Waals surface area (Å²) in [5.41, 5.74) is 0.682. The summed E-state index contributed by atoms with van der Waals surface area (Å²) in [6.07, 6.45) is 2.59. The Kier molecular flexibility index (Phi) is 4.44. The van der Waals surface area contributed by atoms with E-state index < -0.39 is 18.0 Å². The Morgan fingerprint density at radius 3 is 2.77 bits per heavy atom. The highest BCUT2D eigenvalue weighted by Gasteiger charge is 2.61. The van der Waals surface area contributed by atoms with Crippen molar-refractivity contribution in [3.8, 4) is 5.88 Å². The second kappa shape index (κ2) is 6.94. The summed E-state index contributed by atoms with van der Waals surface area (Å²) in [6.45, 7) is 4.92. The molecule has 1 saturated carbocycles. The number of fused-ring (bicyclic) bond motifs is 2. The molecule has 3 aromatic heterocycles. The predicted octanol–water partition coefficient (Wildman–Crippen LogP) is 3.53. The number of halogens is 2. The first-order valence-electron chi connectivity index (χ1n) is 10.0. The third-order valence-electron chi connectivity index (χ3n) is 5.82. The van der Waals surface area contributed by atoms with Gasteiger partial charge < -0.3 is 14.8 Å². The maximum atomic E-state index is 12.9. The minimum Gasteiger partial charge on any atom is -0.475 e. The number of nitrogens with zero attached hydrogens (tertiary/aromatic N) is 4. The average Bonchev–Trinajstić information content (AvgIpc) is 3.39. The second-order valence-corrected chi connectivity index (χ2v) is 8.30. The number of hydrogen-bond acceptors (Lipinski definition) is 6. The number of amides is 1. The molecule has 0 atom stereocenters. The summed E-state index contributed by atoms with van der Waals surface area (Å²) in [4.78, 5) is 25.4. The minimum absolute atomic E-state index is 0.0737. The molecule has 2 bridgehead atoms. The summed E-state index contributed by atoms with van der Waals surface area (Å²) in [7, 11) is 0. The number of rotatable bonds is 6. The molecule has 0 radical (unpaired) electrons. The molecule has 5 heterocycles. The normalized spacial score (nSPS) is 24.4. The second-order valence-electron chi connectivity index (χ2n) is 8.30. The van der Waals surface area contributed by atoms with E-state index in [9.17, 15) is 13.6 Å². The minimum atomic E-state index is -2.76. The van der Waals surface area contributed by atoms with E-state index in [0.29, 0.717) is 18.9 Å². The van der Waals surface area contributed by atoms with Gasteiger partial charge in [0.2, 0.25) is 5.65 Å². The topological polar surface area (TPSA) is 90.6 Å². The highest BCUT2D eigenvalue weighted by atomic mass is 19.3. The quantitative estimate of drug-likeness (QED) is 0.645. The zero-order valence-electron chi connectivity index (χ0n) is 17.1. The number of ether oxygens (including phenoxy) is 2. The van der Waals surface area contributed by atoms with Crippen LogP contribution in [0.5, 0.6) is 5.88 Å². The molecule has 3 aliphatic rings. The fraction of sp³-hybridized carbons (Fsp3) is 0.429. The number of anilines is 1. The number of pyridine rings is 1. The lowest BCUT2D eigenvalue weighted by molar-refractivity contribution is 0.0154. The van der Waals surface area contributed by atoms with Gasteiger partial charge in [-0.3, -0.25) is 9.20 Å². The number of alkyl halides is 2. The molecular weight excluding hydrogens is 408 g/mol. The van der Waals surface area contributed by atoms with Crippen molar-refractivity contribution in [2.45, 2.75) is 44.1 Å². The van der Waals surface area contributed by atoms with Crippen LogP contribution in [0.1, 0.15) is 55.0 Å². The first kappa shape index (κ1) is 19.8. The molecule has 8 nitrogen and oxygen atoms in total. The Morgan fingerprint density at radius 2 is 2.10 bits per heavy atom. The molecule has 3 fully saturated rings. The van der Waals surface area contributed by atoms with Gasteiger partial charge in [0.25, 0.3) is 18.2 Å². The van der Waals surface area contributed by atoms with E-state index in [-0.39, 0.29) is 28.4 Å². The molecule has 1 amide bonds. The van der Waals surface area contributed by atoms with E-state index in [1.807, 2.05) is 13.1 Å². The summed E-state index contributed by atoms with van der Waals surface area (Å²) in [5.74, 6) is -0.166. The van der Waals surface area contributed by atoms with Crippen LogP contribution in [-0.2, 0) is 10.2 Å². The van der Waals surface area contributed by atoms with Gasteiger partial charge >= 0.3 is 0 Å². The number of imidazole rings is 1. The Morgan fingerprint density at radius 1 is 1.29 bits per heavy atom. The van der Waals surface area contributed by atoms with Crippen LogP contribution in [0, 0.1) is 0 Å². The van der Waals surface area contributed by atoms with Crippen LogP contribution in [-0.4, -0.2) is 44.1 Å². The third-order valence-corrected chi connectivity index (χ3v) is 5.82. The highest BCUT2D eigenvalue weighted by Crippen LogP contribution is 2.58. The zero-order chi connectivity index (χ0) is 21.8. The van der Waals surface area contributed by atoms with Gasteiger partial charge in [0.1, 0.15) is 11.4 Å².